The highest BCUT2D eigenvalue weighted by atomic mass is 19.4. The van der Waals surface area contributed by atoms with Crippen LogP contribution < -0.4 is 5.32 Å². The van der Waals surface area contributed by atoms with E-state index in [1.54, 1.807) is 0 Å². The number of nitrogens with one attached hydrogen (secondary N) is 1. The maximum Gasteiger partial charge on any atom is 0.417 e. The molecule has 4 nitrogen and oxygen atoms in total. The zero-order valence-corrected chi connectivity index (χ0v) is 11.3. The molecule has 1 amide bonds. The number of hydrogen-bond donors (Lipinski definition) is 2. The van der Waals surface area contributed by atoms with Crippen LogP contribution in [0.4, 0.5) is 13.2 Å². The third-order valence-corrected chi connectivity index (χ3v) is 2.84. The summed E-state index contributed by atoms with van der Waals surface area (Å²) in [5, 5.41) is 11.4. The number of alkyl halides is 3. The average molecular weight is 290 g/mol. The molecule has 0 unspecified atom stereocenters. The van der Waals surface area contributed by atoms with Crippen LogP contribution in [-0.4, -0.2) is 29.1 Å². The van der Waals surface area contributed by atoms with Crippen LogP contribution in [0.25, 0.3) is 0 Å². The molecule has 0 bridgehead atoms. The summed E-state index contributed by atoms with van der Waals surface area (Å²) in [7, 11) is 0. The van der Waals surface area contributed by atoms with E-state index >= 15 is 0 Å². The van der Waals surface area contributed by atoms with E-state index in [4.69, 9.17) is 5.11 Å². The van der Waals surface area contributed by atoms with Gasteiger partial charge in [0.1, 0.15) is 5.69 Å². The number of halogens is 3. The van der Waals surface area contributed by atoms with Crippen LogP contribution in [0, 0.1) is 5.41 Å². The Morgan fingerprint density at radius 2 is 2.00 bits per heavy atom. The van der Waals surface area contributed by atoms with Crippen LogP contribution in [0.2, 0.25) is 0 Å². The zero-order valence-electron chi connectivity index (χ0n) is 11.3. The van der Waals surface area contributed by atoms with Gasteiger partial charge in [-0.15, -0.1) is 0 Å². The van der Waals surface area contributed by atoms with Crippen LogP contribution in [0.1, 0.15) is 36.3 Å². The van der Waals surface area contributed by atoms with Gasteiger partial charge in [-0.2, -0.15) is 13.2 Å². The second kappa shape index (κ2) is 6.21. The Labute approximate surface area is 115 Å². The van der Waals surface area contributed by atoms with Crippen molar-refractivity contribution in [1.82, 2.24) is 10.3 Å². The molecule has 0 fully saturated rings. The first kappa shape index (κ1) is 16.4. The van der Waals surface area contributed by atoms with Gasteiger partial charge >= 0.3 is 6.18 Å². The van der Waals surface area contributed by atoms with Crippen LogP contribution in [0.5, 0.6) is 0 Å². The van der Waals surface area contributed by atoms with E-state index in [0.717, 1.165) is 12.1 Å². The van der Waals surface area contributed by atoms with Crippen molar-refractivity contribution in [2.24, 2.45) is 5.41 Å². The van der Waals surface area contributed by atoms with Crippen molar-refractivity contribution in [3.8, 4) is 0 Å². The van der Waals surface area contributed by atoms with Gasteiger partial charge in [0.2, 0.25) is 0 Å². The fourth-order valence-electron chi connectivity index (χ4n) is 1.50. The quantitative estimate of drug-likeness (QED) is 0.874. The summed E-state index contributed by atoms with van der Waals surface area (Å²) in [6.45, 7) is 4.03. The SMILES string of the molecule is CC(C)(CCO)CNC(=O)c1ccc(C(F)(F)F)cn1. The molecule has 0 atom stereocenters. The van der Waals surface area contributed by atoms with Gasteiger partial charge in [-0.25, -0.2) is 0 Å². The Kier molecular flexibility index (Phi) is 5.10. The van der Waals surface area contributed by atoms with Gasteiger partial charge in [0.25, 0.3) is 5.91 Å². The van der Waals surface area contributed by atoms with E-state index in [1.807, 2.05) is 13.8 Å². The topological polar surface area (TPSA) is 62.2 Å². The maximum atomic E-state index is 12.3. The average Bonchev–Trinajstić information content (AvgIpc) is 2.35. The first-order chi connectivity index (χ1) is 9.15. The van der Waals surface area contributed by atoms with E-state index in [0.29, 0.717) is 19.2 Å². The molecule has 0 aliphatic heterocycles. The lowest BCUT2D eigenvalue weighted by Gasteiger charge is -2.23. The highest BCUT2D eigenvalue weighted by Crippen LogP contribution is 2.28. The van der Waals surface area contributed by atoms with Crippen molar-refractivity contribution < 1.29 is 23.1 Å². The molecule has 0 aromatic carbocycles. The minimum absolute atomic E-state index is 0.00139. The Morgan fingerprint density at radius 3 is 2.45 bits per heavy atom. The number of pyridine rings is 1. The lowest BCUT2D eigenvalue weighted by molar-refractivity contribution is -0.137. The fourth-order valence-corrected chi connectivity index (χ4v) is 1.50. The van der Waals surface area contributed by atoms with Gasteiger partial charge in [-0.3, -0.25) is 9.78 Å². The van der Waals surface area contributed by atoms with Gasteiger partial charge in [-0.1, -0.05) is 13.8 Å². The van der Waals surface area contributed by atoms with E-state index < -0.39 is 17.6 Å². The Hall–Kier alpha value is -1.63. The Morgan fingerprint density at radius 1 is 1.35 bits per heavy atom. The van der Waals surface area contributed by atoms with E-state index in [9.17, 15) is 18.0 Å². The molecule has 1 rings (SSSR count). The van der Waals surface area contributed by atoms with Gasteiger partial charge < -0.3 is 10.4 Å². The summed E-state index contributed by atoms with van der Waals surface area (Å²) in [5.41, 5.74) is -1.26. The smallest absolute Gasteiger partial charge is 0.396 e. The molecule has 1 aromatic rings. The second-order valence-corrected chi connectivity index (χ2v) is 5.25. The summed E-state index contributed by atoms with van der Waals surface area (Å²) in [6, 6.07) is 1.86. The van der Waals surface area contributed by atoms with Crippen LogP contribution >= 0.6 is 0 Å². The fraction of sp³-hybridized carbons (Fsp3) is 0.538. The Bertz CT molecular complexity index is 456. The highest BCUT2D eigenvalue weighted by molar-refractivity contribution is 5.92. The van der Waals surface area contributed by atoms with Gasteiger partial charge in [0, 0.05) is 19.3 Å². The van der Waals surface area contributed by atoms with E-state index in [2.05, 4.69) is 10.3 Å². The molecule has 2 N–H and O–H groups in total. The summed E-state index contributed by atoms with van der Waals surface area (Å²) in [5.74, 6) is -0.537. The van der Waals surface area contributed by atoms with Crippen molar-refractivity contribution in [3.05, 3.63) is 29.6 Å². The van der Waals surface area contributed by atoms with Crippen LogP contribution in [-0.2, 0) is 6.18 Å². The number of aromatic nitrogens is 1. The van der Waals surface area contributed by atoms with Crippen molar-refractivity contribution in [3.63, 3.8) is 0 Å². The number of aliphatic hydroxyl groups is 1. The summed E-state index contributed by atoms with van der Waals surface area (Å²) in [6.07, 6.45) is -3.33. The van der Waals surface area contributed by atoms with Gasteiger partial charge in [-0.05, 0) is 24.0 Å². The van der Waals surface area contributed by atoms with E-state index in [-0.39, 0.29) is 17.7 Å². The van der Waals surface area contributed by atoms with E-state index in [1.165, 1.54) is 0 Å². The maximum absolute atomic E-state index is 12.3. The minimum atomic E-state index is -4.47. The predicted octanol–water partition coefficient (Wildman–Crippen LogP) is 2.24. The molecule has 112 valence electrons. The van der Waals surface area contributed by atoms with Crippen molar-refractivity contribution in [2.75, 3.05) is 13.2 Å². The number of amides is 1. The highest BCUT2D eigenvalue weighted by Gasteiger charge is 2.31. The first-order valence-electron chi connectivity index (χ1n) is 6.08. The third kappa shape index (κ3) is 4.80. The molecule has 0 radical (unpaired) electrons. The van der Waals surface area contributed by atoms with Crippen LogP contribution in [0.15, 0.2) is 18.3 Å². The summed E-state index contributed by atoms with van der Waals surface area (Å²) < 4.78 is 37.0. The van der Waals surface area contributed by atoms with Crippen molar-refractivity contribution in [2.45, 2.75) is 26.4 Å². The molecule has 7 heteroatoms. The summed E-state index contributed by atoms with van der Waals surface area (Å²) in [4.78, 5) is 15.2. The number of hydrogen-bond acceptors (Lipinski definition) is 3. The second-order valence-electron chi connectivity index (χ2n) is 5.25. The lowest BCUT2D eigenvalue weighted by atomic mass is 9.90. The largest absolute Gasteiger partial charge is 0.417 e. The third-order valence-electron chi connectivity index (χ3n) is 2.84. The molecule has 1 aromatic heterocycles. The molecule has 1 heterocycles. The van der Waals surface area contributed by atoms with Crippen LogP contribution in [0.3, 0.4) is 0 Å². The number of aliphatic hydroxyl groups excluding tert-OH is 1. The summed E-state index contributed by atoms with van der Waals surface area (Å²) >= 11 is 0. The Balaban J connectivity index is 2.65. The lowest BCUT2D eigenvalue weighted by Crippen LogP contribution is -2.35. The molecule has 0 saturated carbocycles. The molecular formula is C13H17F3N2O2. The number of carbonyl (C=O) groups excluding carboxylic acids is 1. The van der Waals surface area contributed by atoms with Crippen molar-refractivity contribution >= 4 is 5.91 Å². The molecule has 0 aliphatic carbocycles. The monoisotopic (exact) mass is 290 g/mol. The number of nitrogens with zero attached hydrogens (tertiary/aromatic N) is 1. The predicted molar refractivity (Wildman–Crippen MR) is 67.1 cm³/mol. The molecule has 0 aliphatic rings. The molecular weight excluding hydrogens is 273 g/mol. The van der Waals surface area contributed by atoms with Crippen molar-refractivity contribution in [1.29, 1.82) is 0 Å². The van der Waals surface area contributed by atoms with Gasteiger partial charge in [0.15, 0.2) is 0 Å². The normalized spacial score (nSPS) is 12.3. The standard InChI is InChI=1S/C13H17F3N2O2/c1-12(2,5-6-19)8-18-11(20)10-4-3-9(7-17-10)13(14,15)16/h3-4,7,19H,5-6,8H2,1-2H3,(H,18,20). The molecule has 20 heavy (non-hydrogen) atoms. The number of carbonyl (C=O) groups is 1. The zero-order chi connectivity index (χ0) is 15.4. The minimum Gasteiger partial charge on any atom is -0.396 e. The number of rotatable bonds is 5. The first-order valence-corrected chi connectivity index (χ1v) is 6.08. The molecule has 0 saturated heterocycles. The van der Waals surface area contributed by atoms with Gasteiger partial charge in [0.05, 0.1) is 5.56 Å². The molecule has 0 spiro atoms.